The Balaban J connectivity index is 1.58. The van der Waals surface area contributed by atoms with Gasteiger partial charge >= 0.3 is 5.97 Å². The number of hydrogen-bond donors (Lipinski definition) is 0. The molecule has 1 aliphatic rings. The van der Waals surface area contributed by atoms with Gasteiger partial charge in [-0.05, 0) is 71.8 Å². The van der Waals surface area contributed by atoms with E-state index in [0.29, 0.717) is 31.9 Å². The smallest absolute Gasteiger partial charge is 0.309 e. The lowest BCUT2D eigenvalue weighted by Crippen LogP contribution is -2.39. The number of carbonyl (C=O) groups excluding carboxylic acids is 1. The van der Waals surface area contributed by atoms with Crippen molar-refractivity contribution in [3.63, 3.8) is 0 Å². The normalized spacial score (nSPS) is 16.6. The van der Waals surface area contributed by atoms with Crippen LogP contribution in [0.5, 0.6) is 5.75 Å². The zero-order valence-corrected chi connectivity index (χ0v) is 20.3. The fourth-order valence-corrected chi connectivity index (χ4v) is 5.80. The molecular weight excluding hydrogens is 469 g/mol. The lowest BCUT2D eigenvalue weighted by molar-refractivity contribution is -0.139. The highest BCUT2D eigenvalue weighted by Gasteiger charge is 2.31. The molecule has 0 amide bonds. The third-order valence-electron chi connectivity index (χ3n) is 6.12. The minimum absolute atomic E-state index is 0.0735. The average molecular weight is 498 g/mol. The number of sulfonamides is 1. The molecule has 1 aliphatic heterocycles. The van der Waals surface area contributed by atoms with Gasteiger partial charge in [0.25, 0.3) is 0 Å². The first-order valence-electron chi connectivity index (χ1n) is 11.5. The molecule has 6 nitrogen and oxygen atoms in total. The number of benzene rings is 3. The zero-order valence-electron chi connectivity index (χ0n) is 19.5. The number of rotatable bonds is 8. The van der Waals surface area contributed by atoms with Crippen molar-refractivity contribution >= 4 is 16.0 Å². The van der Waals surface area contributed by atoms with Gasteiger partial charge in [-0.15, -0.1) is 0 Å². The van der Waals surface area contributed by atoms with Crippen LogP contribution in [0.25, 0.3) is 0 Å². The quantitative estimate of drug-likeness (QED) is 0.422. The molecule has 0 N–H and O–H groups in total. The second-order valence-corrected chi connectivity index (χ2v) is 10.5. The highest BCUT2D eigenvalue weighted by Crippen LogP contribution is 2.33. The predicted octanol–water partition coefficient (Wildman–Crippen LogP) is 4.69. The van der Waals surface area contributed by atoms with E-state index in [9.17, 15) is 17.6 Å². The van der Waals surface area contributed by atoms with Gasteiger partial charge in [0.15, 0.2) is 0 Å². The molecule has 0 radical (unpaired) electrons. The van der Waals surface area contributed by atoms with E-state index >= 15 is 0 Å². The molecule has 1 fully saturated rings. The van der Waals surface area contributed by atoms with Crippen molar-refractivity contribution in [2.75, 3.05) is 20.2 Å². The molecule has 0 saturated carbocycles. The number of ether oxygens (including phenoxy) is 2. The predicted molar refractivity (Wildman–Crippen MR) is 130 cm³/mol. The summed E-state index contributed by atoms with van der Waals surface area (Å²) in [7, 11) is -2.40. The molecule has 0 aromatic heterocycles. The molecule has 184 valence electrons. The molecule has 1 saturated heterocycles. The summed E-state index contributed by atoms with van der Waals surface area (Å²) in [5.74, 6) is -0.300. The molecule has 1 atom stereocenters. The Morgan fingerprint density at radius 1 is 1.03 bits per heavy atom. The molecule has 3 aromatic carbocycles. The zero-order chi connectivity index (χ0) is 24.8. The number of carbonyl (C=O) groups is 1. The van der Waals surface area contributed by atoms with Gasteiger partial charge < -0.3 is 9.47 Å². The largest absolute Gasteiger partial charge is 0.489 e. The molecule has 3 aromatic rings. The lowest BCUT2D eigenvalue weighted by atomic mass is 9.90. The van der Waals surface area contributed by atoms with E-state index in [1.807, 2.05) is 48.5 Å². The van der Waals surface area contributed by atoms with Crippen molar-refractivity contribution in [1.29, 1.82) is 0 Å². The molecule has 1 unspecified atom stereocenters. The van der Waals surface area contributed by atoms with Crippen molar-refractivity contribution in [3.05, 3.63) is 95.3 Å². The Morgan fingerprint density at radius 2 is 1.77 bits per heavy atom. The molecule has 35 heavy (non-hydrogen) atoms. The van der Waals surface area contributed by atoms with Crippen LogP contribution in [0.2, 0.25) is 0 Å². The minimum Gasteiger partial charge on any atom is -0.489 e. The van der Waals surface area contributed by atoms with Crippen molar-refractivity contribution < 1.29 is 27.1 Å². The van der Waals surface area contributed by atoms with Crippen LogP contribution < -0.4 is 4.74 Å². The number of halogens is 1. The van der Waals surface area contributed by atoms with Crippen LogP contribution in [0.3, 0.4) is 0 Å². The van der Waals surface area contributed by atoms with Crippen molar-refractivity contribution in [3.8, 4) is 5.75 Å². The van der Waals surface area contributed by atoms with E-state index < -0.39 is 15.8 Å². The summed E-state index contributed by atoms with van der Waals surface area (Å²) >= 11 is 0. The standard InChI is InChI=1S/C27H28FNO5S/c1-33-27(30)16-21-14-23(17-25(15-21)34-19-20-6-3-2-4-7-20)22-8-5-13-29(18-22)35(31,32)26-11-9-24(28)10-12-26/h2-4,6-7,9-12,14-15,17,22H,5,8,13,16,18-19H2,1H3. The van der Waals surface area contributed by atoms with Gasteiger partial charge in [-0.1, -0.05) is 36.4 Å². The van der Waals surface area contributed by atoms with Crippen molar-refractivity contribution in [2.24, 2.45) is 0 Å². The molecule has 0 aliphatic carbocycles. The maximum atomic E-state index is 13.3. The second kappa shape index (κ2) is 11.0. The minimum atomic E-state index is -3.75. The Kier molecular flexibility index (Phi) is 7.83. The monoisotopic (exact) mass is 497 g/mol. The number of piperidine rings is 1. The SMILES string of the molecule is COC(=O)Cc1cc(OCc2ccccc2)cc(C2CCCN(S(=O)(=O)c3ccc(F)cc3)C2)c1. The summed E-state index contributed by atoms with van der Waals surface area (Å²) in [6.45, 7) is 1.06. The molecular formula is C27H28FNO5S. The highest BCUT2D eigenvalue weighted by atomic mass is 32.2. The molecule has 1 heterocycles. The van der Waals surface area contributed by atoms with E-state index in [0.717, 1.165) is 35.2 Å². The maximum Gasteiger partial charge on any atom is 0.309 e. The summed E-state index contributed by atoms with van der Waals surface area (Å²) in [4.78, 5) is 12.0. The summed E-state index contributed by atoms with van der Waals surface area (Å²) in [6, 6.07) is 20.3. The topological polar surface area (TPSA) is 72.9 Å². The van der Waals surface area contributed by atoms with E-state index in [2.05, 4.69) is 0 Å². The lowest BCUT2D eigenvalue weighted by Gasteiger charge is -2.32. The van der Waals surface area contributed by atoms with Gasteiger partial charge in [0.05, 0.1) is 18.4 Å². The Labute approximate surface area is 205 Å². The van der Waals surface area contributed by atoms with E-state index in [1.54, 1.807) is 0 Å². The van der Waals surface area contributed by atoms with Crippen LogP contribution in [-0.4, -0.2) is 38.9 Å². The number of methoxy groups -OCH3 is 1. The van der Waals surface area contributed by atoms with Gasteiger partial charge in [0.2, 0.25) is 10.0 Å². The maximum absolute atomic E-state index is 13.3. The fraction of sp³-hybridized carbons (Fsp3) is 0.296. The van der Waals surface area contributed by atoms with Crippen LogP contribution in [0, 0.1) is 5.82 Å². The molecule has 8 heteroatoms. The first-order chi connectivity index (χ1) is 16.8. The van der Waals surface area contributed by atoms with Crippen LogP contribution in [-0.2, 0) is 32.6 Å². The summed E-state index contributed by atoms with van der Waals surface area (Å²) in [5, 5.41) is 0. The van der Waals surface area contributed by atoms with Crippen molar-refractivity contribution in [1.82, 2.24) is 4.31 Å². The van der Waals surface area contributed by atoms with E-state index in [1.165, 1.54) is 23.5 Å². The third-order valence-corrected chi connectivity index (χ3v) is 8.00. The first-order valence-corrected chi connectivity index (χ1v) is 12.9. The second-order valence-electron chi connectivity index (χ2n) is 8.59. The summed E-state index contributed by atoms with van der Waals surface area (Å²) in [6.07, 6.45) is 1.58. The van der Waals surface area contributed by atoms with Crippen molar-refractivity contribution in [2.45, 2.75) is 36.7 Å². The third kappa shape index (κ3) is 6.26. The summed E-state index contributed by atoms with van der Waals surface area (Å²) < 4.78 is 52.0. The van der Waals surface area contributed by atoms with Crippen LogP contribution in [0.1, 0.15) is 35.4 Å². The van der Waals surface area contributed by atoms with Crippen LogP contribution >= 0.6 is 0 Å². The van der Waals surface area contributed by atoms with Gasteiger partial charge in [-0.3, -0.25) is 4.79 Å². The Bertz CT molecular complexity index is 1260. The highest BCUT2D eigenvalue weighted by molar-refractivity contribution is 7.89. The Hall–Kier alpha value is -3.23. The number of esters is 1. The number of hydrogen-bond acceptors (Lipinski definition) is 5. The summed E-state index contributed by atoms with van der Waals surface area (Å²) in [5.41, 5.74) is 2.67. The van der Waals surface area contributed by atoms with Crippen LogP contribution in [0.15, 0.2) is 77.7 Å². The van der Waals surface area contributed by atoms with Gasteiger partial charge in [0, 0.05) is 13.1 Å². The first kappa shape index (κ1) is 24.9. The average Bonchev–Trinajstić information content (AvgIpc) is 2.88. The van der Waals surface area contributed by atoms with Crippen LogP contribution in [0.4, 0.5) is 4.39 Å². The molecule has 0 bridgehead atoms. The number of nitrogens with zero attached hydrogens (tertiary/aromatic N) is 1. The van der Waals surface area contributed by atoms with E-state index in [-0.39, 0.29) is 23.2 Å². The van der Waals surface area contributed by atoms with Gasteiger partial charge in [-0.25, -0.2) is 12.8 Å². The fourth-order valence-electron chi connectivity index (χ4n) is 4.28. The molecule has 0 spiro atoms. The van der Waals surface area contributed by atoms with E-state index in [4.69, 9.17) is 9.47 Å². The molecule has 4 rings (SSSR count). The Morgan fingerprint density at radius 3 is 2.49 bits per heavy atom. The van der Waals surface area contributed by atoms with Gasteiger partial charge in [0.1, 0.15) is 18.2 Å². The van der Waals surface area contributed by atoms with Gasteiger partial charge in [-0.2, -0.15) is 4.31 Å².